The fourth-order valence-corrected chi connectivity index (χ4v) is 3.84. The van der Waals surface area contributed by atoms with Crippen LogP contribution in [-0.4, -0.2) is 37.0 Å². The lowest BCUT2D eigenvalue weighted by atomic mass is 10.1. The number of benzene rings is 2. The summed E-state index contributed by atoms with van der Waals surface area (Å²) in [5, 5.41) is 2.58. The molecule has 7 heteroatoms. The second-order valence-corrected chi connectivity index (χ2v) is 7.44. The summed E-state index contributed by atoms with van der Waals surface area (Å²) >= 11 is 0. The van der Waals surface area contributed by atoms with Gasteiger partial charge in [0.1, 0.15) is 17.3 Å². The van der Waals surface area contributed by atoms with E-state index in [1.165, 1.54) is 25.3 Å². The minimum Gasteiger partial charge on any atom is -0.496 e. The van der Waals surface area contributed by atoms with Crippen LogP contribution < -0.4 is 15.0 Å². The highest BCUT2D eigenvalue weighted by molar-refractivity contribution is 6.14. The molecule has 6 nitrogen and oxygen atoms in total. The molecular weight excluding hydrogens is 385 g/mol. The molecule has 0 saturated carbocycles. The van der Waals surface area contributed by atoms with Crippen molar-refractivity contribution < 1.29 is 18.7 Å². The highest BCUT2D eigenvalue weighted by atomic mass is 19.1. The quantitative estimate of drug-likeness (QED) is 0.601. The second-order valence-electron chi connectivity index (χ2n) is 7.44. The molecule has 2 saturated heterocycles. The number of nitrogens with zero attached hydrogens (tertiary/aromatic N) is 2. The van der Waals surface area contributed by atoms with Gasteiger partial charge >= 0.3 is 6.03 Å². The molecule has 0 unspecified atom stereocenters. The van der Waals surface area contributed by atoms with Gasteiger partial charge in [0, 0.05) is 36.0 Å². The molecule has 1 N–H and O–H groups in total. The fraction of sp³-hybridized carbons (Fsp3) is 0.304. The van der Waals surface area contributed by atoms with Gasteiger partial charge in [0.15, 0.2) is 0 Å². The predicted octanol–water partition coefficient (Wildman–Crippen LogP) is 3.92. The van der Waals surface area contributed by atoms with Gasteiger partial charge in [0.05, 0.1) is 13.7 Å². The lowest BCUT2D eigenvalue weighted by Gasteiger charge is -2.29. The first-order valence-corrected chi connectivity index (χ1v) is 10.1. The fourth-order valence-electron chi connectivity index (χ4n) is 3.84. The number of hydrogen-bond acceptors (Lipinski definition) is 4. The minimum atomic E-state index is -0.571. The van der Waals surface area contributed by atoms with Gasteiger partial charge in [-0.15, -0.1) is 0 Å². The Hall–Kier alpha value is -3.35. The van der Waals surface area contributed by atoms with Crippen molar-refractivity contribution >= 4 is 23.7 Å². The predicted molar refractivity (Wildman–Crippen MR) is 113 cm³/mol. The number of ether oxygens (including phenoxy) is 1. The topological polar surface area (TPSA) is 61.9 Å². The standard InChI is InChI=1S/C23H24FN3O3/c1-30-21-14-18(26-11-5-2-6-12-26)10-9-16(21)13-20-22(28)27(23(29)25-20)15-17-7-3-4-8-19(17)24/h3-4,7-10,13-14H,2,5-6,11-12,15H2,1H3,(H,25,29)/b20-13-. The van der Waals surface area contributed by atoms with E-state index in [0.29, 0.717) is 11.3 Å². The third kappa shape index (κ3) is 4.01. The largest absolute Gasteiger partial charge is 0.496 e. The van der Waals surface area contributed by atoms with Crippen LogP contribution in [0.15, 0.2) is 48.2 Å². The molecule has 3 amide bonds. The number of nitrogens with one attached hydrogen (secondary N) is 1. The van der Waals surface area contributed by atoms with Crippen LogP contribution in [0.5, 0.6) is 5.75 Å². The van der Waals surface area contributed by atoms with Crippen LogP contribution in [0.4, 0.5) is 14.9 Å². The molecule has 0 aromatic heterocycles. The summed E-state index contributed by atoms with van der Waals surface area (Å²) in [5.74, 6) is -0.323. The van der Waals surface area contributed by atoms with Crippen LogP contribution in [0.3, 0.4) is 0 Å². The summed E-state index contributed by atoms with van der Waals surface area (Å²) in [6.45, 7) is 1.91. The molecular formula is C23H24FN3O3. The highest BCUT2D eigenvalue weighted by Crippen LogP contribution is 2.30. The van der Waals surface area contributed by atoms with E-state index >= 15 is 0 Å². The van der Waals surface area contributed by atoms with Crippen molar-refractivity contribution in [2.24, 2.45) is 0 Å². The first-order chi connectivity index (χ1) is 14.6. The summed E-state index contributed by atoms with van der Waals surface area (Å²) in [5.41, 5.74) is 2.19. The van der Waals surface area contributed by atoms with E-state index in [2.05, 4.69) is 10.2 Å². The van der Waals surface area contributed by atoms with Crippen molar-refractivity contribution in [3.63, 3.8) is 0 Å². The Morgan fingerprint density at radius 3 is 2.60 bits per heavy atom. The van der Waals surface area contributed by atoms with E-state index in [0.717, 1.165) is 23.7 Å². The van der Waals surface area contributed by atoms with Crippen molar-refractivity contribution in [1.82, 2.24) is 10.2 Å². The van der Waals surface area contributed by atoms with Gasteiger partial charge in [0.2, 0.25) is 0 Å². The number of carbonyl (C=O) groups is 2. The monoisotopic (exact) mass is 409 g/mol. The summed E-state index contributed by atoms with van der Waals surface area (Å²) in [6.07, 6.45) is 5.20. The average Bonchev–Trinajstić information content (AvgIpc) is 3.03. The highest BCUT2D eigenvalue weighted by Gasteiger charge is 2.34. The first-order valence-electron chi connectivity index (χ1n) is 10.1. The van der Waals surface area contributed by atoms with Crippen molar-refractivity contribution in [2.45, 2.75) is 25.8 Å². The molecule has 4 rings (SSSR count). The third-order valence-corrected chi connectivity index (χ3v) is 5.49. The van der Waals surface area contributed by atoms with Crippen molar-refractivity contribution in [2.75, 3.05) is 25.1 Å². The van der Waals surface area contributed by atoms with Gasteiger partial charge in [-0.3, -0.25) is 9.69 Å². The van der Waals surface area contributed by atoms with E-state index in [9.17, 15) is 14.0 Å². The SMILES string of the molecule is COc1cc(N2CCCCC2)ccc1/C=C1\NC(=O)N(Cc2ccccc2F)C1=O. The first kappa shape index (κ1) is 19.9. The second kappa shape index (κ2) is 8.57. The van der Waals surface area contributed by atoms with E-state index in [1.807, 2.05) is 18.2 Å². The van der Waals surface area contributed by atoms with E-state index < -0.39 is 17.8 Å². The molecule has 2 aromatic carbocycles. The molecule has 0 aliphatic carbocycles. The number of amides is 3. The molecule has 0 atom stereocenters. The number of halogens is 1. The van der Waals surface area contributed by atoms with Gasteiger partial charge < -0.3 is 15.0 Å². The summed E-state index contributed by atoms with van der Waals surface area (Å²) in [7, 11) is 1.58. The van der Waals surface area contributed by atoms with E-state index in [1.54, 1.807) is 31.4 Å². The number of hydrogen-bond donors (Lipinski definition) is 1. The Balaban J connectivity index is 1.56. The van der Waals surface area contributed by atoms with E-state index in [-0.39, 0.29) is 17.8 Å². The van der Waals surface area contributed by atoms with Crippen molar-refractivity contribution in [3.8, 4) is 5.75 Å². The number of urea groups is 1. The molecule has 2 aliphatic heterocycles. The number of piperidine rings is 1. The van der Waals surface area contributed by atoms with Gasteiger partial charge in [-0.25, -0.2) is 9.18 Å². The number of imide groups is 1. The number of rotatable bonds is 5. The maximum absolute atomic E-state index is 13.9. The number of carbonyl (C=O) groups excluding carboxylic acids is 2. The zero-order valence-electron chi connectivity index (χ0n) is 16.9. The lowest BCUT2D eigenvalue weighted by Crippen LogP contribution is -2.30. The lowest BCUT2D eigenvalue weighted by molar-refractivity contribution is -0.123. The molecule has 0 bridgehead atoms. The zero-order valence-corrected chi connectivity index (χ0v) is 16.9. The number of anilines is 1. The van der Waals surface area contributed by atoms with Crippen LogP contribution in [0.25, 0.3) is 6.08 Å². The van der Waals surface area contributed by atoms with Crippen LogP contribution in [0.1, 0.15) is 30.4 Å². The smallest absolute Gasteiger partial charge is 0.329 e. The Morgan fingerprint density at radius 1 is 1.10 bits per heavy atom. The Kier molecular flexibility index (Phi) is 5.70. The molecule has 0 spiro atoms. The van der Waals surface area contributed by atoms with Crippen LogP contribution in [0, 0.1) is 5.82 Å². The molecule has 2 aromatic rings. The number of methoxy groups -OCH3 is 1. The molecule has 0 radical (unpaired) electrons. The Morgan fingerprint density at radius 2 is 1.87 bits per heavy atom. The van der Waals surface area contributed by atoms with Crippen LogP contribution in [0.2, 0.25) is 0 Å². The van der Waals surface area contributed by atoms with Crippen molar-refractivity contribution in [3.05, 3.63) is 65.1 Å². The Bertz CT molecular complexity index is 999. The normalized spacial score (nSPS) is 18.1. The molecule has 2 aliphatic rings. The van der Waals surface area contributed by atoms with E-state index in [4.69, 9.17) is 4.74 Å². The molecule has 2 fully saturated rings. The third-order valence-electron chi connectivity index (χ3n) is 5.49. The van der Waals surface area contributed by atoms with Crippen LogP contribution in [-0.2, 0) is 11.3 Å². The zero-order chi connectivity index (χ0) is 21.1. The molecule has 156 valence electrons. The summed E-state index contributed by atoms with van der Waals surface area (Å²) in [4.78, 5) is 28.4. The van der Waals surface area contributed by atoms with Gasteiger partial charge in [-0.2, -0.15) is 0 Å². The maximum Gasteiger partial charge on any atom is 0.329 e. The summed E-state index contributed by atoms with van der Waals surface area (Å²) < 4.78 is 19.5. The van der Waals surface area contributed by atoms with Crippen molar-refractivity contribution in [1.29, 1.82) is 0 Å². The average molecular weight is 409 g/mol. The van der Waals surface area contributed by atoms with Gasteiger partial charge in [-0.05, 0) is 43.5 Å². The Labute approximate surface area is 174 Å². The minimum absolute atomic E-state index is 0.125. The molecule has 30 heavy (non-hydrogen) atoms. The summed E-state index contributed by atoms with van der Waals surface area (Å²) in [6, 6.07) is 11.4. The van der Waals surface area contributed by atoms with Gasteiger partial charge in [-0.1, -0.05) is 18.2 Å². The van der Waals surface area contributed by atoms with Crippen LogP contribution >= 0.6 is 0 Å². The van der Waals surface area contributed by atoms with Gasteiger partial charge in [0.25, 0.3) is 5.91 Å². The maximum atomic E-state index is 13.9. The molecule has 2 heterocycles.